The Balaban J connectivity index is 3.53. The molecule has 0 aliphatic heterocycles. The molecule has 23 heavy (non-hydrogen) atoms. The number of unbranched alkanes of at least 4 members (excludes halogenated alkanes) is 6. The van der Waals surface area contributed by atoms with Gasteiger partial charge in [-0.05, 0) is 12.8 Å². The van der Waals surface area contributed by atoms with Crippen LogP contribution in [0.1, 0.15) is 64.7 Å². The van der Waals surface area contributed by atoms with Gasteiger partial charge < -0.3 is 15.1 Å². The molecule has 0 saturated heterocycles. The van der Waals surface area contributed by atoms with Crippen LogP contribution < -0.4 is 5.32 Å². The van der Waals surface area contributed by atoms with Crippen LogP contribution >= 0.6 is 30.6 Å². The second-order valence-corrected chi connectivity index (χ2v) is 7.83. The third-order valence-corrected chi connectivity index (χ3v) is 5.25. The van der Waals surface area contributed by atoms with Crippen LogP contribution in [0.2, 0.25) is 0 Å². The Hall–Kier alpha value is 0.270. The minimum absolute atomic E-state index is 0.0866. The fraction of sp³-hybridized carbons (Fsp3) is 0.929. The molecule has 0 heterocycles. The Morgan fingerprint density at radius 1 is 1.13 bits per heavy atom. The summed E-state index contributed by atoms with van der Waals surface area (Å²) < 4.78 is 15.7. The molecule has 1 unspecified atom stereocenters. The van der Waals surface area contributed by atoms with E-state index < -0.39 is 13.3 Å². The zero-order valence-corrected chi connectivity index (χ0v) is 16.8. The standard InChI is InChI=1S/C14H29INO6P/c1-2-14(17)16-11-9-7-5-3-4-6-8-10-13(12-21-22-15)23(18,19)20/h13H,2-12H2,1H3,(H,16,17)(H2,18,19,20). The van der Waals surface area contributed by atoms with Gasteiger partial charge >= 0.3 is 7.60 Å². The van der Waals surface area contributed by atoms with Gasteiger partial charge in [-0.1, -0.05) is 45.4 Å². The van der Waals surface area contributed by atoms with Gasteiger partial charge in [0.25, 0.3) is 0 Å². The molecule has 0 spiro atoms. The van der Waals surface area contributed by atoms with Crippen LogP contribution in [0.15, 0.2) is 0 Å². The van der Waals surface area contributed by atoms with Crippen molar-refractivity contribution in [3.8, 4) is 0 Å². The quantitative estimate of drug-likeness (QED) is 0.113. The molecule has 0 aromatic rings. The highest BCUT2D eigenvalue weighted by Gasteiger charge is 2.28. The smallest absolute Gasteiger partial charge is 0.331 e. The van der Waals surface area contributed by atoms with Gasteiger partial charge in [0.2, 0.25) is 5.91 Å². The van der Waals surface area contributed by atoms with E-state index in [-0.39, 0.29) is 12.5 Å². The normalized spacial score (nSPS) is 13.0. The summed E-state index contributed by atoms with van der Waals surface area (Å²) in [6, 6.07) is 0. The Morgan fingerprint density at radius 3 is 2.22 bits per heavy atom. The summed E-state index contributed by atoms with van der Waals surface area (Å²) in [5, 5.41) is 2.85. The highest BCUT2D eigenvalue weighted by Crippen LogP contribution is 2.43. The van der Waals surface area contributed by atoms with Gasteiger partial charge in [0.15, 0.2) is 23.0 Å². The fourth-order valence-corrected chi connectivity index (χ4v) is 3.12. The number of carbonyl (C=O) groups excluding carboxylic acids is 1. The lowest BCUT2D eigenvalue weighted by Crippen LogP contribution is -2.23. The predicted molar refractivity (Wildman–Crippen MR) is 97.1 cm³/mol. The molecule has 0 saturated carbocycles. The molecule has 0 aromatic heterocycles. The first-order valence-corrected chi connectivity index (χ1v) is 10.7. The van der Waals surface area contributed by atoms with Crippen molar-refractivity contribution in [2.75, 3.05) is 13.2 Å². The van der Waals surface area contributed by atoms with Crippen molar-refractivity contribution in [1.82, 2.24) is 5.32 Å². The SMILES string of the molecule is CCC(=O)NCCCCCCCCCC(COOI)P(=O)(O)O. The van der Waals surface area contributed by atoms with Crippen molar-refractivity contribution in [2.24, 2.45) is 0 Å². The summed E-state index contributed by atoms with van der Waals surface area (Å²) in [5.74, 6) is 0.0987. The van der Waals surface area contributed by atoms with Crippen molar-refractivity contribution >= 4 is 36.5 Å². The molecule has 138 valence electrons. The molecule has 7 nitrogen and oxygen atoms in total. The fourth-order valence-electron chi connectivity index (χ4n) is 2.19. The van der Waals surface area contributed by atoms with Crippen LogP contribution in [0.5, 0.6) is 0 Å². The molecule has 0 rings (SSSR count). The van der Waals surface area contributed by atoms with Gasteiger partial charge in [-0.3, -0.25) is 9.36 Å². The summed E-state index contributed by atoms with van der Waals surface area (Å²) in [5.41, 5.74) is -0.792. The number of hydrogen-bond acceptors (Lipinski definition) is 4. The van der Waals surface area contributed by atoms with Crippen LogP contribution in [0.3, 0.4) is 0 Å². The van der Waals surface area contributed by atoms with E-state index in [0.29, 0.717) is 12.8 Å². The lowest BCUT2D eigenvalue weighted by atomic mass is 10.1. The van der Waals surface area contributed by atoms with Crippen LogP contribution in [-0.2, 0) is 17.5 Å². The molecule has 0 aromatic carbocycles. The Morgan fingerprint density at radius 2 is 1.70 bits per heavy atom. The van der Waals surface area contributed by atoms with Gasteiger partial charge in [0, 0.05) is 13.0 Å². The van der Waals surface area contributed by atoms with Crippen molar-refractivity contribution in [2.45, 2.75) is 70.4 Å². The van der Waals surface area contributed by atoms with Crippen LogP contribution in [-0.4, -0.2) is 34.5 Å². The van der Waals surface area contributed by atoms with E-state index in [2.05, 4.69) is 13.4 Å². The second kappa shape index (κ2) is 14.6. The zero-order chi connectivity index (χ0) is 17.6. The Labute approximate surface area is 152 Å². The molecule has 0 bridgehead atoms. The topological polar surface area (TPSA) is 105 Å². The Kier molecular flexibility index (Phi) is 14.8. The summed E-state index contributed by atoms with van der Waals surface area (Å²) >= 11 is 1.53. The summed E-state index contributed by atoms with van der Waals surface area (Å²) in [6.07, 6.45) is 8.07. The highest BCUT2D eigenvalue weighted by atomic mass is 127. The lowest BCUT2D eigenvalue weighted by molar-refractivity contribution is -0.166. The lowest BCUT2D eigenvalue weighted by Gasteiger charge is -2.16. The molecular formula is C14H29INO6P. The maximum absolute atomic E-state index is 11.3. The van der Waals surface area contributed by atoms with E-state index in [9.17, 15) is 19.1 Å². The molecule has 0 radical (unpaired) electrons. The van der Waals surface area contributed by atoms with E-state index in [1.165, 1.54) is 23.0 Å². The van der Waals surface area contributed by atoms with Crippen molar-refractivity contribution in [1.29, 1.82) is 0 Å². The number of amides is 1. The van der Waals surface area contributed by atoms with E-state index in [4.69, 9.17) is 0 Å². The van der Waals surface area contributed by atoms with Crippen LogP contribution in [0.4, 0.5) is 0 Å². The molecule has 0 aliphatic carbocycles. The van der Waals surface area contributed by atoms with Gasteiger partial charge in [-0.2, -0.15) is 3.22 Å². The number of halogens is 1. The molecule has 0 aliphatic rings. The van der Waals surface area contributed by atoms with E-state index in [1.54, 1.807) is 0 Å². The molecule has 9 heteroatoms. The third kappa shape index (κ3) is 14.3. The predicted octanol–water partition coefficient (Wildman–Crippen LogP) is 3.48. The van der Waals surface area contributed by atoms with Crippen LogP contribution in [0.25, 0.3) is 0 Å². The molecule has 0 fully saturated rings. The number of rotatable bonds is 15. The zero-order valence-electron chi connectivity index (χ0n) is 13.7. The van der Waals surface area contributed by atoms with Crippen molar-refractivity contribution < 1.29 is 27.3 Å². The maximum atomic E-state index is 11.3. The van der Waals surface area contributed by atoms with E-state index in [0.717, 1.165) is 51.5 Å². The van der Waals surface area contributed by atoms with Gasteiger partial charge in [-0.15, -0.1) is 0 Å². The maximum Gasteiger partial charge on any atom is 0.331 e. The monoisotopic (exact) mass is 465 g/mol. The highest BCUT2D eigenvalue weighted by molar-refractivity contribution is 14.1. The average Bonchev–Trinajstić information content (AvgIpc) is 2.50. The minimum Gasteiger partial charge on any atom is -0.356 e. The molecule has 1 amide bonds. The van der Waals surface area contributed by atoms with E-state index in [1.807, 2.05) is 6.92 Å². The first-order chi connectivity index (χ1) is 10.9. The first kappa shape index (κ1) is 23.3. The molecular weight excluding hydrogens is 436 g/mol. The summed E-state index contributed by atoms with van der Waals surface area (Å²) in [7, 11) is -4.13. The average molecular weight is 465 g/mol. The van der Waals surface area contributed by atoms with E-state index >= 15 is 0 Å². The molecule has 3 N–H and O–H groups in total. The van der Waals surface area contributed by atoms with Gasteiger partial charge in [0.05, 0.1) is 12.3 Å². The summed E-state index contributed by atoms with van der Waals surface area (Å²) in [4.78, 5) is 34.1. The first-order valence-electron chi connectivity index (χ1n) is 8.14. The molecule has 1 atom stereocenters. The second-order valence-electron chi connectivity index (χ2n) is 5.56. The summed E-state index contributed by atoms with van der Waals surface area (Å²) in [6.45, 7) is 2.50. The Bertz CT molecular complexity index is 352. The number of hydrogen-bond donors (Lipinski definition) is 3. The largest absolute Gasteiger partial charge is 0.356 e. The third-order valence-electron chi connectivity index (χ3n) is 3.64. The van der Waals surface area contributed by atoms with Gasteiger partial charge in [-0.25, -0.2) is 4.89 Å². The number of carbonyl (C=O) groups is 1. The van der Waals surface area contributed by atoms with Crippen LogP contribution in [0, 0.1) is 0 Å². The number of nitrogens with one attached hydrogen (secondary N) is 1. The minimum atomic E-state index is -4.13. The van der Waals surface area contributed by atoms with Crippen molar-refractivity contribution in [3.05, 3.63) is 0 Å². The van der Waals surface area contributed by atoms with Crippen molar-refractivity contribution in [3.63, 3.8) is 0 Å². The van der Waals surface area contributed by atoms with Gasteiger partial charge in [0.1, 0.15) is 0 Å².